The van der Waals surface area contributed by atoms with Crippen LogP contribution in [0.25, 0.3) is 0 Å². The summed E-state index contributed by atoms with van der Waals surface area (Å²) in [6, 6.07) is 0. The lowest BCUT2D eigenvalue weighted by Gasteiger charge is -2.48. The van der Waals surface area contributed by atoms with Gasteiger partial charge in [-0.25, -0.2) is 4.79 Å². The maximum Gasteiger partial charge on any atom is 0.352 e. The van der Waals surface area contributed by atoms with Gasteiger partial charge >= 0.3 is 11.9 Å². The van der Waals surface area contributed by atoms with Gasteiger partial charge in [-0.3, -0.25) is 14.5 Å². The number of methoxy groups -OCH3 is 1. The summed E-state index contributed by atoms with van der Waals surface area (Å²) in [5.41, 5.74) is 0.329. The third-order valence-corrected chi connectivity index (χ3v) is 4.22. The number of β-lactam (4-membered cyclic amide) rings is 1. The molecule has 2 aliphatic heterocycles. The molecule has 1 fully saturated rings. The standard InChI is InChI=1S/C11H13NO6S/c1-5(13)18-3-6-4-19-10-8(17-2)9(14)12(10)7(6)11(15)16/h8,10H,3-4H2,1-2H3,(H,15,16)/t8?,10-/m1/s1. The van der Waals surface area contributed by atoms with Crippen molar-refractivity contribution in [3.05, 3.63) is 11.3 Å². The fourth-order valence-electron chi connectivity index (χ4n) is 2.03. The van der Waals surface area contributed by atoms with Gasteiger partial charge in [0.1, 0.15) is 17.7 Å². The quantitative estimate of drug-likeness (QED) is 0.566. The Labute approximate surface area is 113 Å². The van der Waals surface area contributed by atoms with Crippen LogP contribution in [0.1, 0.15) is 6.92 Å². The topological polar surface area (TPSA) is 93.1 Å². The van der Waals surface area contributed by atoms with Crippen molar-refractivity contribution in [3.8, 4) is 0 Å². The summed E-state index contributed by atoms with van der Waals surface area (Å²) in [4.78, 5) is 35.1. The minimum atomic E-state index is -1.20. The number of hydrogen-bond donors (Lipinski definition) is 1. The van der Waals surface area contributed by atoms with E-state index >= 15 is 0 Å². The van der Waals surface area contributed by atoms with E-state index in [9.17, 15) is 19.5 Å². The van der Waals surface area contributed by atoms with Crippen LogP contribution in [-0.4, -0.2) is 58.8 Å². The van der Waals surface area contributed by atoms with E-state index in [0.29, 0.717) is 11.3 Å². The van der Waals surface area contributed by atoms with E-state index in [1.54, 1.807) is 0 Å². The number of carboxylic acids is 1. The molecule has 1 amide bonds. The highest BCUT2D eigenvalue weighted by molar-refractivity contribution is 8.00. The number of fused-ring (bicyclic) bond motifs is 1. The molecular weight excluding hydrogens is 274 g/mol. The zero-order valence-corrected chi connectivity index (χ0v) is 11.2. The number of carboxylic acid groups (broad SMARTS) is 1. The van der Waals surface area contributed by atoms with Crippen molar-refractivity contribution in [2.75, 3.05) is 19.5 Å². The van der Waals surface area contributed by atoms with Gasteiger partial charge in [0.25, 0.3) is 5.91 Å². The molecule has 8 heteroatoms. The Hall–Kier alpha value is -1.54. The zero-order chi connectivity index (χ0) is 14.2. The van der Waals surface area contributed by atoms with Crippen LogP contribution in [0.4, 0.5) is 0 Å². The van der Waals surface area contributed by atoms with Crippen molar-refractivity contribution in [2.24, 2.45) is 0 Å². The first kappa shape index (κ1) is 13.9. The Morgan fingerprint density at radius 3 is 2.74 bits per heavy atom. The van der Waals surface area contributed by atoms with E-state index < -0.39 is 18.0 Å². The van der Waals surface area contributed by atoms with Crippen molar-refractivity contribution in [2.45, 2.75) is 18.4 Å². The molecule has 1 saturated heterocycles. The molecule has 1 unspecified atom stereocenters. The average molecular weight is 287 g/mol. The molecule has 1 N–H and O–H groups in total. The summed E-state index contributed by atoms with van der Waals surface area (Å²) in [5, 5.41) is 8.92. The van der Waals surface area contributed by atoms with E-state index in [1.807, 2.05) is 0 Å². The van der Waals surface area contributed by atoms with E-state index in [4.69, 9.17) is 9.47 Å². The lowest BCUT2D eigenvalue weighted by Crippen LogP contribution is -2.65. The van der Waals surface area contributed by atoms with Crippen LogP contribution in [0.15, 0.2) is 11.3 Å². The van der Waals surface area contributed by atoms with Crippen LogP contribution in [0, 0.1) is 0 Å². The van der Waals surface area contributed by atoms with Gasteiger partial charge in [0.05, 0.1) is 0 Å². The second-order valence-corrected chi connectivity index (χ2v) is 5.21. The molecule has 104 valence electrons. The highest BCUT2D eigenvalue weighted by Gasteiger charge is 2.54. The fourth-order valence-corrected chi connectivity index (χ4v) is 3.38. The zero-order valence-electron chi connectivity index (χ0n) is 10.4. The summed E-state index contributed by atoms with van der Waals surface area (Å²) in [6.07, 6.45) is -0.602. The summed E-state index contributed by atoms with van der Waals surface area (Å²) in [6.45, 7) is 1.13. The van der Waals surface area contributed by atoms with Crippen LogP contribution in [0.5, 0.6) is 0 Å². The van der Waals surface area contributed by atoms with Crippen molar-refractivity contribution in [3.63, 3.8) is 0 Å². The third-order valence-electron chi connectivity index (χ3n) is 2.90. The van der Waals surface area contributed by atoms with Gasteiger partial charge in [-0.15, -0.1) is 11.8 Å². The van der Waals surface area contributed by atoms with Gasteiger partial charge in [-0.1, -0.05) is 0 Å². The van der Waals surface area contributed by atoms with Crippen LogP contribution in [-0.2, 0) is 23.9 Å². The number of aliphatic carboxylic acids is 1. The summed E-state index contributed by atoms with van der Waals surface area (Å²) >= 11 is 1.40. The average Bonchev–Trinajstić information content (AvgIpc) is 2.35. The number of thioether (sulfide) groups is 1. The number of esters is 1. The van der Waals surface area contributed by atoms with Crippen LogP contribution in [0.2, 0.25) is 0 Å². The predicted octanol–water partition coefficient (Wildman–Crippen LogP) is -0.182. The number of carbonyl (C=O) groups excluding carboxylic acids is 2. The van der Waals surface area contributed by atoms with Gasteiger partial charge in [-0.05, 0) is 0 Å². The Morgan fingerprint density at radius 1 is 1.53 bits per heavy atom. The fraction of sp³-hybridized carbons (Fsp3) is 0.545. The number of amides is 1. The Bertz CT molecular complexity index is 474. The maximum absolute atomic E-state index is 11.8. The maximum atomic E-state index is 11.8. The van der Waals surface area contributed by atoms with Crippen molar-refractivity contribution in [1.29, 1.82) is 0 Å². The Balaban J connectivity index is 2.25. The van der Waals surface area contributed by atoms with Crippen molar-refractivity contribution < 1.29 is 29.0 Å². The number of rotatable bonds is 4. The molecule has 0 aliphatic carbocycles. The number of hydrogen-bond acceptors (Lipinski definition) is 6. The van der Waals surface area contributed by atoms with E-state index in [2.05, 4.69) is 0 Å². The van der Waals surface area contributed by atoms with Crippen LogP contribution >= 0.6 is 11.8 Å². The molecular formula is C11H13NO6S. The second-order valence-electron chi connectivity index (χ2n) is 4.10. The summed E-state index contributed by atoms with van der Waals surface area (Å²) < 4.78 is 9.83. The Kier molecular flexibility index (Phi) is 3.81. The summed E-state index contributed by atoms with van der Waals surface area (Å²) in [5.74, 6) is -1.68. The minimum Gasteiger partial charge on any atom is -0.477 e. The molecule has 2 aliphatic rings. The van der Waals surface area contributed by atoms with E-state index in [-0.39, 0.29) is 23.6 Å². The van der Waals surface area contributed by atoms with Crippen molar-refractivity contribution >= 4 is 29.6 Å². The van der Waals surface area contributed by atoms with Gasteiger partial charge in [0.15, 0.2) is 6.10 Å². The molecule has 0 bridgehead atoms. The molecule has 0 spiro atoms. The largest absolute Gasteiger partial charge is 0.477 e. The first-order valence-corrected chi connectivity index (χ1v) is 6.58. The highest BCUT2D eigenvalue weighted by Crippen LogP contribution is 2.41. The molecule has 0 aromatic rings. The SMILES string of the molecule is COC1C(=O)N2C(C(=O)O)=C(COC(C)=O)CS[C@H]12. The number of nitrogens with zero attached hydrogens (tertiary/aromatic N) is 1. The molecule has 0 aromatic carbocycles. The monoisotopic (exact) mass is 287 g/mol. The van der Waals surface area contributed by atoms with Gasteiger partial charge < -0.3 is 14.6 Å². The minimum absolute atomic E-state index is 0.0942. The van der Waals surface area contributed by atoms with Gasteiger partial charge in [-0.2, -0.15) is 0 Å². The molecule has 0 saturated carbocycles. The third kappa shape index (κ3) is 2.33. The first-order chi connectivity index (χ1) is 8.97. The molecule has 2 heterocycles. The van der Waals surface area contributed by atoms with Crippen LogP contribution in [0.3, 0.4) is 0 Å². The molecule has 0 radical (unpaired) electrons. The molecule has 2 rings (SSSR count). The highest BCUT2D eigenvalue weighted by atomic mass is 32.2. The molecule has 2 atom stereocenters. The predicted molar refractivity (Wildman–Crippen MR) is 65.2 cm³/mol. The molecule has 0 aromatic heterocycles. The lowest BCUT2D eigenvalue weighted by atomic mass is 10.1. The smallest absolute Gasteiger partial charge is 0.352 e. The first-order valence-electron chi connectivity index (χ1n) is 5.53. The van der Waals surface area contributed by atoms with Crippen LogP contribution < -0.4 is 0 Å². The van der Waals surface area contributed by atoms with Gasteiger partial charge in [0.2, 0.25) is 0 Å². The molecule has 19 heavy (non-hydrogen) atoms. The summed E-state index contributed by atoms with van der Waals surface area (Å²) in [7, 11) is 1.42. The van der Waals surface area contributed by atoms with E-state index in [1.165, 1.54) is 30.7 Å². The number of ether oxygens (including phenoxy) is 2. The number of carbonyl (C=O) groups is 3. The lowest BCUT2D eigenvalue weighted by molar-refractivity contribution is -0.162. The van der Waals surface area contributed by atoms with Gasteiger partial charge in [0, 0.05) is 25.4 Å². The molecule has 7 nitrogen and oxygen atoms in total. The Morgan fingerprint density at radius 2 is 2.21 bits per heavy atom. The normalized spacial score (nSPS) is 25.8. The van der Waals surface area contributed by atoms with Crippen molar-refractivity contribution in [1.82, 2.24) is 4.90 Å². The second kappa shape index (κ2) is 5.22. The van der Waals surface area contributed by atoms with E-state index in [0.717, 1.165) is 0 Å².